The summed E-state index contributed by atoms with van der Waals surface area (Å²) in [5.41, 5.74) is 0. The van der Waals surface area contributed by atoms with Gasteiger partial charge in [0.2, 0.25) is 0 Å². The minimum Gasteiger partial charge on any atom is -0.466 e. The molecular formula is C30H58O2. The number of hydrogen-bond acceptors (Lipinski definition) is 2. The maximum Gasteiger partial charge on any atom is 0.305 e. The Morgan fingerprint density at radius 1 is 0.625 bits per heavy atom. The minimum atomic E-state index is 0.0113. The summed E-state index contributed by atoms with van der Waals surface area (Å²) < 4.78 is 5.39. The highest BCUT2D eigenvalue weighted by Gasteiger charge is 2.02. The molecule has 0 N–H and O–H groups in total. The van der Waals surface area contributed by atoms with E-state index >= 15 is 0 Å². The lowest BCUT2D eigenvalue weighted by Crippen LogP contribution is -2.05. The molecule has 2 nitrogen and oxygen atoms in total. The number of unbranched alkanes of at least 4 members (excludes halogenated alkanes) is 17. The molecule has 190 valence electrons. The van der Waals surface area contributed by atoms with Crippen LogP contribution in [0, 0.1) is 5.92 Å². The van der Waals surface area contributed by atoms with Crippen molar-refractivity contribution in [3.63, 3.8) is 0 Å². The molecule has 0 fully saturated rings. The number of allylic oxidation sites excluding steroid dienone is 2. The summed E-state index contributed by atoms with van der Waals surface area (Å²) in [7, 11) is 0. The van der Waals surface area contributed by atoms with E-state index in [2.05, 4.69) is 32.9 Å². The molecule has 0 radical (unpaired) electrons. The smallest absolute Gasteiger partial charge is 0.305 e. The van der Waals surface area contributed by atoms with Crippen LogP contribution in [0.3, 0.4) is 0 Å². The van der Waals surface area contributed by atoms with Crippen LogP contribution in [-0.4, -0.2) is 12.6 Å². The minimum absolute atomic E-state index is 0.0113. The van der Waals surface area contributed by atoms with E-state index in [0.717, 1.165) is 25.2 Å². The molecule has 0 saturated heterocycles. The van der Waals surface area contributed by atoms with Crippen LogP contribution in [0.25, 0.3) is 0 Å². The molecule has 0 saturated carbocycles. The average molecular weight is 451 g/mol. The third kappa shape index (κ3) is 27.2. The first kappa shape index (κ1) is 31.2. The number of carbonyl (C=O) groups is 1. The van der Waals surface area contributed by atoms with Gasteiger partial charge in [-0.1, -0.05) is 136 Å². The molecule has 0 heterocycles. The summed E-state index contributed by atoms with van der Waals surface area (Å²) in [6, 6.07) is 0. The Morgan fingerprint density at radius 2 is 1.09 bits per heavy atom. The quantitative estimate of drug-likeness (QED) is 0.0785. The molecule has 0 aromatic rings. The SMILES string of the molecule is CCCCC=CCCCCCCCC(=O)OCCCCCCCCCCCCCC(C)C. The van der Waals surface area contributed by atoms with Gasteiger partial charge in [-0.3, -0.25) is 4.79 Å². The van der Waals surface area contributed by atoms with Crippen molar-refractivity contribution in [2.75, 3.05) is 6.61 Å². The molecule has 0 aliphatic rings. The number of rotatable bonds is 25. The second-order valence-electron chi connectivity index (χ2n) is 10.2. The van der Waals surface area contributed by atoms with Gasteiger partial charge in [0.1, 0.15) is 0 Å². The van der Waals surface area contributed by atoms with Crippen molar-refractivity contribution < 1.29 is 9.53 Å². The Labute approximate surface area is 202 Å². The maximum absolute atomic E-state index is 11.8. The van der Waals surface area contributed by atoms with Gasteiger partial charge in [0.15, 0.2) is 0 Å². The Hall–Kier alpha value is -0.790. The van der Waals surface area contributed by atoms with Gasteiger partial charge in [-0.05, 0) is 38.0 Å². The summed E-state index contributed by atoms with van der Waals surface area (Å²) in [6.45, 7) is 7.51. The van der Waals surface area contributed by atoms with E-state index < -0.39 is 0 Å². The monoisotopic (exact) mass is 450 g/mol. The Balaban J connectivity index is 3.18. The lowest BCUT2D eigenvalue weighted by Gasteiger charge is -2.06. The van der Waals surface area contributed by atoms with Crippen molar-refractivity contribution in [2.45, 2.75) is 162 Å². The molecule has 0 aromatic carbocycles. The molecule has 2 heteroatoms. The van der Waals surface area contributed by atoms with Gasteiger partial charge in [-0.25, -0.2) is 0 Å². The molecule has 0 bridgehead atoms. The van der Waals surface area contributed by atoms with Gasteiger partial charge in [0.05, 0.1) is 6.61 Å². The van der Waals surface area contributed by atoms with E-state index in [4.69, 9.17) is 4.74 Å². The third-order valence-corrected chi connectivity index (χ3v) is 6.33. The Bertz CT molecular complexity index is 400. The van der Waals surface area contributed by atoms with E-state index in [9.17, 15) is 4.79 Å². The van der Waals surface area contributed by atoms with Crippen molar-refractivity contribution in [3.05, 3.63) is 12.2 Å². The standard InChI is InChI=1S/C30H58O2/c1-4-5-6-7-8-9-11-15-18-21-24-27-30(31)32-28-25-22-19-16-13-10-12-14-17-20-23-26-29(2)3/h7-8,29H,4-6,9-28H2,1-3H3. The molecular weight excluding hydrogens is 392 g/mol. The highest BCUT2D eigenvalue weighted by molar-refractivity contribution is 5.69. The number of carbonyl (C=O) groups excluding carboxylic acids is 1. The van der Waals surface area contributed by atoms with E-state index in [1.165, 1.54) is 116 Å². The largest absolute Gasteiger partial charge is 0.466 e. The van der Waals surface area contributed by atoms with Crippen LogP contribution in [-0.2, 0) is 9.53 Å². The zero-order valence-electron chi connectivity index (χ0n) is 22.3. The van der Waals surface area contributed by atoms with Crippen molar-refractivity contribution in [3.8, 4) is 0 Å². The van der Waals surface area contributed by atoms with Gasteiger partial charge in [0, 0.05) is 6.42 Å². The molecule has 0 aliphatic carbocycles. The molecule has 0 atom stereocenters. The van der Waals surface area contributed by atoms with Gasteiger partial charge >= 0.3 is 5.97 Å². The normalized spacial score (nSPS) is 11.6. The second-order valence-corrected chi connectivity index (χ2v) is 10.2. The predicted octanol–water partition coefficient (Wildman–Crippen LogP) is 10.3. The molecule has 0 aliphatic heterocycles. The van der Waals surface area contributed by atoms with Crippen LogP contribution in [0.15, 0.2) is 12.2 Å². The van der Waals surface area contributed by atoms with Gasteiger partial charge in [0.25, 0.3) is 0 Å². The Kier molecular flexibility index (Phi) is 25.8. The molecule has 0 unspecified atom stereocenters. The average Bonchev–Trinajstić information content (AvgIpc) is 2.77. The van der Waals surface area contributed by atoms with Crippen molar-refractivity contribution in [2.24, 2.45) is 5.92 Å². The van der Waals surface area contributed by atoms with Crippen molar-refractivity contribution in [1.29, 1.82) is 0 Å². The maximum atomic E-state index is 11.8. The van der Waals surface area contributed by atoms with Crippen LogP contribution in [0.2, 0.25) is 0 Å². The highest BCUT2D eigenvalue weighted by atomic mass is 16.5. The van der Waals surface area contributed by atoms with Gasteiger partial charge in [-0.2, -0.15) is 0 Å². The Morgan fingerprint density at radius 3 is 1.66 bits per heavy atom. The summed E-state index contributed by atoms with van der Waals surface area (Å²) in [6.07, 6.45) is 32.4. The van der Waals surface area contributed by atoms with Crippen LogP contribution in [0.1, 0.15) is 162 Å². The van der Waals surface area contributed by atoms with Gasteiger partial charge in [-0.15, -0.1) is 0 Å². The zero-order chi connectivity index (χ0) is 23.5. The summed E-state index contributed by atoms with van der Waals surface area (Å²) >= 11 is 0. The summed E-state index contributed by atoms with van der Waals surface area (Å²) in [5, 5.41) is 0. The summed E-state index contributed by atoms with van der Waals surface area (Å²) in [5.74, 6) is 0.878. The van der Waals surface area contributed by atoms with Crippen LogP contribution in [0.5, 0.6) is 0 Å². The predicted molar refractivity (Wildman–Crippen MR) is 142 cm³/mol. The molecule has 0 aromatic heterocycles. The second kappa shape index (κ2) is 26.5. The first-order valence-electron chi connectivity index (χ1n) is 14.5. The van der Waals surface area contributed by atoms with Crippen molar-refractivity contribution >= 4 is 5.97 Å². The number of esters is 1. The van der Waals surface area contributed by atoms with E-state index in [-0.39, 0.29) is 5.97 Å². The molecule has 0 amide bonds. The third-order valence-electron chi connectivity index (χ3n) is 6.33. The zero-order valence-corrected chi connectivity index (χ0v) is 22.3. The van der Waals surface area contributed by atoms with Crippen LogP contribution in [0.4, 0.5) is 0 Å². The van der Waals surface area contributed by atoms with E-state index in [0.29, 0.717) is 13.0 Å². The van der Waals surface area contributed by atoms with E-state index in [1.54, 1.807) is 0 Å². The molecule has 32 heavy (non-hydrogen) atoms. The summed E-state index contributed by atoms with van der Waals surface area (Å²) in [4.78, 5) is 11.8. The fourth-order valence-electron chi connectivity index (χ4n) is 4.12. The lowest BCUT2D eigenvalue weighted by atomic mass is 10.0. The fraction of sp³-hybridized carbons (Fsp3) is 0.900. The number of hydrogen-bond donors (Lipinski definition) is 0. The van der Waals surface area contributed by atoms with Crippen LogP contribution < -0.4 is 0 Å². The molecule has 0 rings (SSSR count). The molecule has 0 spiro atoms. The first-order valence-corrected chi connectivity index (χ1v) is 14.5. The highest BCUT2D eigenvalue weighted by Crippen LogP contribution is 2.14. The fourth-order valence-corrected chi connectivity index (χ4v) is 4.12. The van der Waals surface area contributed by atoms with Crippen molar-refractivity contribution in [1.82, 2.24) is 0 Å². The lowest BCUT2D eigenvalue weighted by molar-refractivity contribution is -0.143. The van der Waals surface area contributed by atoms with E-state index in [1.807, 2.05) is 0 Å². The number of ether oxygens (including phenoxy) is 1. The topological polar surface area (TPSA) is 26.3 Å². The first-order chi connectivity index (χ1) is 15.7. The van der Waals surface area contributed by atoms with Crippen LogP contribution >= 0.6 is 0 Å². The van der Waals surface area contributed by atoms with Gasteiger partial charge < -0.3 is 4.74 Å².